The number of halogens is 1. The van der Waals surface area contributed by atoms with Gasteiger partial charge in [0.2, 0.25) is 0 Å². The molecule has 0 bridgehead atoms. The summed E-state index contributed by atoms with van der Waals surface area (Å²) in [4.78, 5) is 15.4. The largest absolute Gasteiger partial charge is 0.468 e. The number of esters is 1. The van der Waals surface area contributed by atoms with Gasteiger partial charge in [-0.3, -0.25) is 4.79 Å². The standard InChI is InChI=1S/C12H11ClN2O2/c1-17-11(16)8-15-7-6-14-12(15)9-2-4-10(13)5-3-9/h2-7H,8H2,1H3. The van der Waals surface area contributed by atoms with E-state index >= 15 is 0 Å². The van der Waals surface area contributed by atoms with Gasteiger partial charge >= 0.3 is 5.97 Å². The van der Waals surface area contributed by atoms with Crippen molar-refractivity contribution in [2.75, 3.05) is 7.11 Å². The number of ether oxygens (including phenoxy) is 1. The van der Waals surface area contributed by atoms with E-state index in [1.165, 1.54) is 7.11 Å². The smallest absolute Gasteiger partial charge is 0.325 e. The van der Waals surface area contributed by atoms with Crippen molar-refractivity contribution in [3.63, 3.8) is 0 Å². The van der Waals surface area contributed by atoms with E-state index in [0.29, 0.717) is 10.8 Å². The van der Waals surface area contributed by atoms with E-state index in [1.54, 1.807) is 29.1 Å². The molecule has 0 aliphatic heterocycles. The molecule has 0 fully saturated rings. The second-order valence-electron chi connectivity index (χ2n) is 3.46. The Morgan fingerprint density at radius 1 is 1.41 bits per heavy atom. The average Bonchev–Trinajstić information content (AvgIpc) is 2.78. The molecular weight excluding hydrogens is 240 g/mol. The monoisotopic (exact) mass is 250 g/mol. The molecule has 0 amide bonds. The zero-order valence-corrected chi connectivity index (χ0v) is 10.0. The number of aromatic nitrogens is 2. The van der Waals surface area contributed by atoms with Crippen molar-refractivity contribution in [2.24, 2.45) is 0 Å². The van der Waals surface area contributed by atoms with E-state index in [0.717, 1.165) is 5.56 Å². The molecule has 0 aliphatic rings. The fourth-order valence-corrected chi connectivity index (χ4v) is 1.63. The van der Waals surface area contributed by atoms with Crippen LogP contribution >= 0.6 is 11.6 Å². The van der Waals surface area contributed by atoms with E-state index in [4.69, 9.17) is 11.6 Å². The molecule has 88 valence electrons. The Hall–Kier alpha value is -1.81. The predicted molar refractivity (Wildman–Crippen MR) is 64.7 cm³/mol. The first kappa shape index (κ1) is 11.7. The summed E-state index contributed by atoms with van der Waals surface area (Å²) in [5, 5.41) is 0.667. The number of hydrogen-bond donors (Lipinski definition) is 0. The Labute approximate surface area is 104 Å². The Bertz CT molecular complexity index is 520. The molecule has 1 aromatic carbocycles. The first-order chi connectivity index (χ1) is 8.20. The maximum Gasteiger partial charge on any atom is 0.325 e. The van der Waals surface area contributed by atoms with E-state index in [1.807, 2.05) is 12.1 Å². The topological polar surface area (TPSA) is 44.1 Å². The zero-order valence-electron chi connectivity index (χ0n) is 9.26. The van der Waals surface area contributed by atoms with Gasteiger partial charge in [0.05, 0.1) is 7.11 Å². The maximum absolute atomic E-state index is 11.2. The van der Waals surface area contributed by atoms with E-state index in [-0.39, 0.29) is 12.5 Å². The third kappa shape index (κ3) is 2.65. The van der Waals surface area contributed by atoms with Crippen LogP contribution in [0.3, 0.4) is 0 Å². The second-order valence-corrected chi connectivity index (χ2v) is 3.90. The van der Waals surface area contributed by atoms with Crippen molar-refractivity contribution >= 4 is 17.6 Å². The highest BCUT2D eigenvalue weighted by Gasteiger charge is 2.09. The van der Waals surface area contributed by atoms with Crippen LogP contribution in [0.2, 0.25) is 5.02 Å². The number of hydrogen-bond acceptors (Lipinski definition) is 3. The molecule has 5 heteroatoms. The molecule has 17 heavy (non-hydrogen) atoms. The molecule has 0 aliphatic carbocycles. The molecule has 0 radical (unpaired) electrons. The summed E-state index contributed by atoms with van der Waals surface area (Å²) in [7, 11) is 1.36. The van der Waals surface area contributed by atoms with Gasteiger partial charge < -0.3 is 9.30 Å². The number of carbonyl (C=O) groups is 1. The van der Waals surface area contributed by atoms with Crippen LogP contribution in [0.25, 0.3) is 11.4 Å². The van der Waals surface area contributed by atoms with Crippen LogP contribution in [-0.2, 0) is 16.1 Å². The molecular formula is C12H11ClN2O2. The van der Waals surface area contributed by atoms with Gasteiger partial charge in [-0.15, -0.1) is 0 Å². The van der Waals surface area contributed by atoms with Crippen molar-refractivity contribution < 1.29 is 9.53 Å². The molecule has 0 spiro atoms. The van der Waals surface area contributed by atoms with E-state index in [2.05, 4.69) is 9.72 Å². The first-order valence-corrected chi connectivity index (χ1v) is 5.42. The van der Waals surface area contributed by atoms with Gasteiger partial charge in [0.1, 0.15) is 12.4 Å². The summed E-state index contributed by atoms with van der Waals surface area (Å²) in [6, 6.07) is 7.29. The molecule has 0 atom stereocenters. The van der Waals surface area contributed by atoms with Crippen LogP contribution in [0.5, 0.6) is 0 Å². The minimum absolute atomic E-state index is 0.147. The number of rotatable bonds is 3. The third-order valence-corrected chi connectivity index (χ3v) is 2.60. The van der Waals surface area contributed by atoms with Gasteiger partial charge in [0, 0.05) is 23.0 Å². The Kier molecular flexibility index (Phi) is 3.44. The van der Waals surface area contributed by atoms with Crippen LogP contribution in [0.1, 0.15) is 0 Å². The first-order valence-electron chi connectivity index (χ1n) is 5.04. The number of benzene rings is 1. The van der Waals surface area contributed by atoms with Crippen LogP contribution in [0, 0.1) is 0 Å². The van der Waals surface area contributed by atoms with Gasteiger partial charge in [-0.1, -0.05) is 11.6 Å². The number of imidazole rings is 1. The van der Waals surface area contributed by atoms with E-state index < -0.39 is 0 Å². The molecule has 2 rings (SSSR count). The van der Waals surface area contributed by atoms with Gasteiger partial charge in [-0.2, -0.15) is 0 Å². The lowest BCUT2D eigenvalue weighted by atomic mass is 10.2. The molecule has 1 aromatic heterocycles. The lowest BCUT2D eigenvalue weighted by molar-refractivity contribution is -0.141. The SMILES string of the molecule is COC(=O)Cn1ccnc1-c1ccc(Cl)cc1. The fourth-order valence-electron chi connectivity index (χ4n) is 1.50. The number of methoxy groups -OCH3 is 1. The highest BCUT2D eigenvalue weighted by atomic mass is 35.5. The van der Waals surface area contributed by atoms with Crippen molar-refractivity contribution in [1.29, 1.82) is 0 Å². The molecule has 4 nitrogen and oxygen atoms in total. The number of carbonyl (C=O) groups excluding carboxylic acids is 1. The minimum Gasteiger partial charge on any atom is -0.468 e. The quantitative estimate of drug-likeness (QED) is 0.786. The Morgan fingerprint density at radius 2 is 2.12 bits per heavy atom. The van der Waals surface area contributed by atoms with E-state index in [9.17, 15) is 4.79 Å². The van der Waals surface area contributed by atoms with Crippen LogP contribution < -0.4 is 0 Å². The van der Waals surface area contributed by atoms with Crippen molar-refractivity contribution in [3.8, 4) is 11.4 Å². The molecule has 0 saturated carbocycles. The summed E-state index contributed by atoms with van der Waals surface area (Å²) >= 11 is 5.82. The van der Waals surface area contributed by atoms with Gasteiger partial charge in [-0.25, -0.2) is 4.98 Å². The molecule has 2 aromatic rings. The summed E-state index contributed by atoms with van der Waals surface area (Å²) in [5.41, 5.74) is 0.906. The number of nitrogens with zero attached hydrogens (tertiary/aromatic N) is 2. The highest BCUT2D eigenvalue weighted by molar-refractivity contribution is 6.30. The normalized spacial score (nSPS) is 10.2. The minimum atomic E-state index is -0.307. The van der Waals surface area contributed by atoms with Gasteiger partial charge in [-0.05, 0) is 24.3 Å². The highest BCUT2D eigenvalue weighted by Crippen LogP contribution is 2.19. The summed E-state index contributed by atoms with van der Waals surface area (Å²) < 4.78 is 6.36. The van der Waals surface area contributed by atoms with Crippen LogP contribution in [0.15, 0.2) is 36.7 Å². The third-order valence-electron chi connectivity index (χ3n) is 2.35. The van der Waals surface area contributed by atoms with Crippen LogP contribution in [-0.4, -0.2) is 22.6 Å². The second kappa shape index (κ2) is 5.01. The van der Waals surface area contributed by atoms with Crippen LogP contribution in [0.4, 0.5) is 0 Å². The van der Waals surface area contributed by atoms with Gasteiger partial charge in [0.25, 0.3) is 0 Å². The predicted octanol–water partition coefficient (Wildman–Crippen LogP) is 2.38. The van der Waals surface area contributed by atoms with Crippen molar-refractivity contribution in [2.45, 2.75) is 6.54 Å². The van der Waals surface area contributed by atoms with Gasteiger partial charge in [0.15, 0.2) is 0 Å². The summed E-state index contributed by atoms with van der Waals surface area (Å²) in [6.45, 7) is 0.147. The zero-order chi connectivity index (χ0) is 12.3. The lowest BCUT2D eigenvalue weighted by Gasteiger charge is -2.06. The summed E-state index contributed by atoms with van der Waals surface area (Å²) in [6.07, 6.45) is 3.38. The Balaban J connectivity index is 2.30. The van der Waals surface area contributed by atoms with Crippen molar-refractivity contribution in [1.82, 2.24) is 9.55 Å². The lowest BCUT2D eigenvalue weighted by Crippen LogP contribution is -2.11. The Morgan fingerprint density at radius 3 is 2.76 bits per heavy atom. The fraction of sp³-hybridized carbons (Fsp3) is 0.167. The maximum atomic E-state index is 11.2. The molecule has 1 heterocycles. The summed E-state index contributed by atoms with van der Waals surface area (Å²) in [5.74, 6) is 0.408. The molecule has 0 unspecified atom stereocenters. The molecule has 0 N–H and O–H groups in total. The average molecular weight is 251 g/mol. The van der Waals surface area contributed by atoms with Crippen molar-refractivity contribution in [3.05, 3.63) is 41.7 Å². The molecule has 0 saturated heterocycles.